The summed E-state index contributed by atoms with van der Waals surface area (Å²) in [5.74, 6) is -2.43. The minimum absolute atomic E-state index is 0.0914. The second-order valence-corrected chi connectivity index (χ2v) is 11.6. The number of nitrogens with zero attached hydrogens (tertiary/aromatic N) is 4. The third-order valence-electron chi connectivity index (χ3n) is 9.40. The first-order valence-electron chi connectivity index (χ1n) is 14.4. The first-order valence-corrected chi connectivity index (χ1v) is 14.4. The third kappa shape index (κ3) is 3.68. The van der Waals surface area contributed by atoms with Gasteiger partial charge in [-0.2, -0.15) is 5.01 Å². The average molecular weight is 594 g/mol. The van der Waals surface area contributed by atoms with E-state index in [0.717, 1.165) is 15.1 Å². The van der Waals surface area contributed by atoms with Gasteiger partial charge in [0, 0.05) is 24.6 Å². The van der Waals surface area contributed by atoms with Gasteiger partial charge in [0.2, 0.25) is 0 Å². The number of ether oxygens (including phenoxy) is 1. The van der Waals surface area contributed by atoms with Crippen LogP contribution in [0.15, 0.2) is 94.0 Å². The molecule has 3 aliphatic rings. The zero-order valence-corrected chi connectivity index (χ0v) is 24.4. The summed E-state index contributed by atoms with van der Waals surface area (Å²) < 4.78 is 9.15. The van der Waals surface area contributed by atoms with Crippen LogP contribution >= 0.6 is 0 Å². The zero-order chi connectivity index (χ0) is 30.9. The van der Waals surface area contributed by atoms with Gasteiger partial charge in [0.1, 0.15) is 11.5 Å². The summed E-state index contributed by atoms with van der Waals surface area (Å²) in [6.45, 7) is 2.04. The van der Waals surface area contributed by atoms with Gasteiger partial charge in [-0.05, 0) is 42.7 Å². The summed E-state index contributed by atoms with van der Waals surface area (Å²) in [7, 11) is 2.91. The number of hydrogen-bond donors (Lipinski definition) is 2. The van der Waals surface area contributed by atoms with Crippen molar-refractivity contribution >= 4 is 17.5 Å². The molecule has 224 valence electrons. The van der Waals surface area contributed by atoms with Gasteiger partial charge < -0.3 is 9.84 Å². The highest BCUT2D eigenvalue weighted by Crippen LogP contribution is 2.62. The molecule has 0 spiro atoms. The van der Waals surface area contributed by atoms with Crippen molar-refractivity contribution in [3.05, 3.63) is 122 Å². The number of hydrogen-bond acceptors (Lipinski definition) is 7. The standard InChI is InChI=1S/C33H31N5O6/c1-19-9-11-21(12-10-19)34-37-29(40)25-18-26-23(15-16-36-31(42)35(2)32(43)38(26)36)28(24-14-13-22(44-3)17-27(24)39)33(25,30(37)41)20-7-5-4-6-8-20/h4-15,17,25-26,28,34,39H,16,18H2,1-3H3/t25-,26+,28+,33+/m0/s1. The van der Waals surface area contributed by atoms with Crippen molar-refractivity contribution in [1.82, 2.24) is 18.9 Å². The lowest BCUT2D eigenvalue weighted by molar-refractivity contribution is -0.138. The highest BCUT2D eigenvalue weighted by atomic mass is 16.5. The number of hydrazine groups is 1. The van der Waals surface area contributed by atoms with Crippen LogP contribution < -0.4 is 21.5 Å². The maximum atomic E-state index is 15.0. The average Bonchev–Trinajstić information content (AvgIpc) is 3.39. The van der Waals surface area contributed by atoms with Crippen molar-refractivity contribution in [3.8, 4) is 11.5 Å². The van der Waals surface area contributed by atoms with E-state index in [9.17, 15) is 24.3 Å². The van der Waals surface area contributed by atoms with Gasteiger partial charge >= 0.3 is 11.4 Å². The fourth-order valence-corrected chi connectivity index (χ4v) is 7.36. The number of methoxy groups -OCH3 is 1. The van der Waals surface area contributed by atoms with E-state index < -0.39 is 46.5 Å². The Kier molecular flexibility index (Phi) is 6.17. The predicted octanol–water partition coefficient (Wildman–Crippen LogP) is 2.99. The first kappa shape index (κ1) is 27.5. The first-order chi connectivity index (χ1) is 21.2. The van der Waals surface area contributed by atoms with Crippen LogP contribution in [0.5, 0.6) is 11.5 Å². The molecule has 44 heavy (non-hydrogen) atoms. The maximum Gasteiger partial charge on any atom is 0.347 e. The van der Waals surface area contributed by atoms with E-state index in [-0.39, 0.29) is 18.7 Å². The summed E-state index contributed by atoms with van der Waals surface area (Å²) in [5.41, 5.74) is 3.88. The molecule has 1 saturated heterocycles. The van der Waals surface area contributed by atoms with Crippen LogP contribution in [-0.4, -0.2) is 43.0 Å². The highest BCUT2D eigenvalue weighted by Gasteiger charge is 2.69. The number of carbonyl (C=O) groups excluding carboxylic acids is 2. The number of imide groups is 1. The van der Waals surface area contributed by atoms with Gasteiger partial charge in [-0.1, -0.05) is 60.2 Å². The number of amides is 2. The Labute approximate surface area is 252 Å². The molecule has 2 aliphatic heterocycles. The van der Waals surface area contributed by atoms with Crippen LogP contribution in [0.1, 0.15) is 35.1 Å². The molecule has 2 amide bonds. The lowest BCUT2D eigenvalue weighted by Crippen LogP contribution is -2.53. The number of carbonyl (C=O) groups is 2. The molecule has 0 bridgehead atoms. The van der Waals surface area contributed by atoms with Gasteiger partial charge in [-0.25, -0.2) is 23.5 Å². The number of aromatic hydroxyl groups is 1. The highest BCUT2D eigenvalue weighted by molar-refractivity contribution is 6.12. The Bertz CT molecular complexity index is 1970. The second-order valence-electron chi connectivity index (χ2n) is 11.6. The van der Waals surface area contributed by atoms with E-state index in [2.05, 4.69) is 5.43 Å². The number of anilines is 1. The van der Waals surface area contributed by atoms with Crippen molar-refractivity contribution < 1.29 is 19.4 Å². The van der Waals surface area contributed by atoms with Crippen LogP contribution in [-0.2, 0) is 28.6 Å². The number of rotatable bonds is 5. The van der Waals surface area contributed by atoms with Crippen LogP contribution in [0.3, 0.4) is 0 Å². The van der Waals surface area contributed by atoms with Crippen molar-refractivity contribution in [2.24, 2.45) is 13.0 Å². The smallest absolute Gasteiger partial charge is 0.347 e. The van der Waals surface area contributed by atoms with Gasteiger partial charge in [0.05, 0.1) is 36.7 Å². The lowest BCUT2D eigenvalue weighted by atomic mass is 9.53. The molecule has 2 fully saturated rings. The maximum absolute atomic E-state index is 15.0. The fraction of sp³-hybridized carbons (Fsp3) is 0.273. The minimum Gasteiger partial charge on any atom is -0.508 e. The Morgan fingerprint density at radius 3 is 2.36 bits per heavy atom. The number of aryl methyl sites for hydroxylation is 1. The summed E-state index contributed by atoms with van der Waals surface area (Å²) in [6, 6.07) is 20.7. The van der Waals surface area contributed by atoms with E-state index in [1.807, 2.05) is 55.5 Å². The van der Waals surface area contributed by atoms with E-state index in [1.165, 1.54) is 29.6 Å². The second kappa shape index (κ2) is 9.87. The molecule has 1 saturated carbocycles. The molecule has 11 heteroatoms. The van der Waals surface area contributed by atoms with Gasteiger partial charge in [-0.15, -0.1) is 0 Å². The molecular weight excluding hydrogens is 562 g/mol. The molecule has 3 heterocycles. The number of benzene rings is 3. The quantitative estimate of drug-likeness (QED) is 0.269. The van der Waals surface area contributed by atoms with Crippen molar-refractivity contribution in [3.63, 3.8) is 0 Å². The monoisotopic (exact) mass is 593 g/mol. The van der Waals surface area contributed by atoms with Crippen LogP contribution in [0.25, 0.3) is 0 Å². The number of allylic oxidation sites excluding steroid dienone is 2. The third-order valence-corrected chi connectivity index (χ3v) is 9.40. The summed E-state index contributed by atoms with van der Waals surface area (Å²) in [6.07, 6.45) is 1.95. The Morgan fingerprint density at radius 1 is 0.955 bits per heavy atom. The summed E-state index contributed by atoms with van der Waals surface area (Å²) in [4.78, 5) is 55.9. The van der Waals surface area contributed by atoms with Crippen molar-refractivity contribution in [1.29, 1.82) is 0 Å². The number of nitrogens with one attached hydrogen (secondary N) is 1. The number of phenols is 1. The van der Waals surface area contributed by atoms with Crippen molar-refractivity contribution in [2.75, 3.05) is 12.5 Å². The van der Waals surface area contributed by atoms with Crippen LogP contribution in [0, 0.1) is 12.8 Å². The molecule has 7 rings (SSSR count). The van der Waals surface area contributed by atoms with E-state index in [0.29, 0.717) is 28.1 Å². The topological polar surface area (TPSA) is 128 Å². The Balaban J connectivity index is 1.51. The van der Waals surface area contributed by atoms with Gasteiger partial charge in [0.25, 0.3) is 11.8 Å². The van der Waals surface area contributed by atoms with Crippen LogP contribution in [0.4, 0.5) is 5.69 Å². The largest absolute Gasteiger partial charge is 0.508 e. The van der Waals surface area contributed by atoms with Crippen LogP contribution in [0.2, 0.25) is 0 Å². The Morgan fingerprint density at radius 2 is 1.68 bits per heavy atom. The molecule has 4 atom stereocenters. The number of fused-ring (bicyclic) bond motifs is 4. The normalized spacial score (nSPS) is 23.9. The molecule has 1 aliphatic carbocycles. The van der Waals surface area contributed by atoms with E-state index in [4.69, 9.17) is 4.74 Å². The fourth-order valence-electron chi connectivity index (χ4n) is 7.36. The minimum atomic E-state index is -1.48. The molecule has 11 nitrogen and oxygen atoms in total. The van der Waals surface area contributed by atoms with E-state index >= 15 is 0 Å². The summed E-state index contributed by atoms with van der Waals surface area (Å²) in [5, 5.41) is 12.5. The molecular formula is C33H31N5O6. The SMILES string of the molecule is COc1ccc([C@H]2C3=CCn4c(=O)n(C)c(=O)n4[C@@H]3C[C@H]3C(=O)N(Nc4ccc(C)cc4)C(=O)[C@@]23c2ccccc2)c(O)c1. The molecule has 0 radical (unpaired) electrons. The van der Waals surface area contributed by atoms with E-state index in [1.54, 1.807) is 24.3 Å². The Hall–Kier alpha value is -5.32. The molecule has 4 aromatic rings. The molecule has 2 N–H and O–H groups in total. The van der Waals surface area contributed by atoms with Gasteiger partial charge in [0.15, 0.2) is 0 Å². The predicted molar refractivity (Wildman–Crippen MR) is 161 cm³/mol. The molecule has 3 aromatic carbocycles. The summed E-state index contributed by atoms with van der Waals surface area (Å²) >= 11 is 0. The van der Waals surface area contributed by atoms with Gasteiger partial charge in [-0.3, -0.25) is 15.0 Å². The number of phenolic OH excluding ortho intramolecular Hbond substituents is 1. The van der Waals surface area contributed by atoms with Crippen molar-refractivity contribution in [2.45, 2.75) is 37.3 Å². The lowest BCUT2D eigenvalue weighted by Gasteiger charge is -2.49. The number of aromatic nitrogens is 3. The zero-order valence-electron chi connectivity index (χ0n) is 24.4. The molecule has 0 unspecified atom stereocenters. The molecule has 1 aromatic heterocycles.